The Bertz CT molecular complexity index is 620. The molecule has 0 bridgehead atoms. The predicted octanol–water partition coefficient (Wildman–Crippen LogP) is 3.59. The number of hydrogen-bond donors (Lipinski definition) is 0. The first-order valence-corrected chi connectivity index (χ1v) is 7.16. The zero-order chi connectivity index (χ0) is 15.9. The fourth-order valence-electron chi connectivity index (χ4n) is 2.22. The summed E-state index contributed by atoms with van der Waals surface area (Å²) in [4.78, 5) is 22.1. The van der Waals surface area contributed by atoms with Crippen molar-refractivity contribution in [1.82, 2.24) is 4.57 Å². The van der Waals surface area contributed by atoms with Crippen LogP contribution in [0.15, 0.2) is 48.8 Å². The minimum Gasteiger partial charge on any atom is -0.460 e. The molecule has 0 aliphatic heterocycles. The minimum absolute atomic E-state index is 0.0484. The summed E-state index contributed by atoms with van der Waals surface area (Å²) in [6.45, 7) is 2.35. The van der Waals surface area contributed by atoms with Crippen LogP contribution in [0.3, 0.4) is 0 Å². The summed E-state index contributed by atoms with van der Waals surface area (Å²) in [5.74, 6) is -0.469. The smallest absolute Gasteiger partial charge is 0.338 e. The van der Waals surface area contributed by atoms with Crippen molar-refractivity contribution in [2.75, 3.05) is 6.61 Å². The maximum absolute atomic E-state index is 12.0. The Morgan fingerprint density at radius 1 is 1.27 bits per heavy atom. The third-order valence-electron chi connectivity index (χ3n) is 3.39. The number of rotatable bonds is 7. The summed E-state index contributed by atoms with van der Waals surface area (Å²) >= 11 is 0. The van der Waals surface area contributed by atoms with Gasteiger partial charge in [-0.2, -0.15) is 0 Å². The maximum atomic E-state index is 12.0. The molecule has 0 spiro atoms. The van der Waals surface area contributed by atoms with Gasteiger partial charge >= 0.3 is 5.97 Å². The maximum Gasteiger partial charge on any atom is 0.338 e. The number of nitro benzene ring substituents is 1. The molecular formula is C16H18N2O4. The van der Waals surface area contributed by atoms with E-state index in [9.17, 15) is 14.9 Å². The van der Waals surface area contributed by atoms with E-state index in [1.807, 2.05) is 29.1 Å². The van der Waals surface area contributed by atoms with Crippen molar-refractivity contribution in [3.63, 3.8) is 0 Å². The van der Waals surface area contributed by atoms with E-state index >= 15 is 0 Å². The Morgan fingerprint density at radius 2 is 1.91 bits per heavy atom. The Hall–Kier alpha value is -2.63. The second-order valence-corrected chi connectivity index (χ2v) is 4.98. The highest BCUT2D eigenvalue weighted by Gasteiger charge is 2.14. The Labute approximate surface area is 128 Å². The van der Waals surface area contributed by atoms with Crippen molar-refractivity contribution in [2.24, 2.45) is 0 Å². The number of aromatic nitrogens is 1. The number of nitro groups is 1. The van der Waals surface area contributed by atoms with Crippen LogP contribution in [-0.2, 0) is 4.74 Å². The first kappa shape index (κ1) is 15.8. The summed E-state index contributed by atoms with van der Waals surface area (Å²) < 4.78 is 7.36. The molecule has 0 aliphatic rings. The largest absolute Gasteiger partial charge is 0.460 e. The topological polar surface area (TPSA) is 74.4 Å². The van der Waals surface area contributed by atoms with Gasteiger partial charge in [0.1, 0.15) is 6.61 Å². The van der Waals surface area contributed by atoms with E-state index in [-0.39, 0.29) is 18.3 Å². The number of ether oxygens (including phenoxy) is 1. The lowest BCUT2D eigenvalue weighted by atomic mass is 10.2. The molecule has 0 radical (unpaired) electrons. The Morgan fingerprint density at radius 3 is 2.45 bits per heavy atom. The lowest BCUT2D eigenvalue weighted by molar-refractivity contribution is -0.384. The third-order valence-corrected chi connectivity index (χ3v) is 3.39. The normalized spacial score (nSPS) is 11.9. The lowest BCUT2D eigenvalue weighted by Gasteiger charge is -2.18. The molecule has 6 heteroatoms. The zero-order valence-electron chi connectivity index (χ0n) is 12.3. The molecule has 0 unspecified atom stereocenters. The molecule has 22 heavy (non-hydrogen) atoms. The SMILES string of the molecule is CCC[C@@H](COC(=O)c1ccc([N+](=O)[O-])cc1)n1cccc1. The number of nitrogens with zero attached hydrogens (tertiary/aromatic N) is 2. The zero-order valence-corrected chi connectivity index (χ0v) is 12.3. The first-order valence-electron chi connectivity index (χ1n) is 7.16. The summed E-state index contributed by atoms with van der Waals surface area (Å²) in [6, 6.07) is 9.37. The fourth-order valence-corrected chi connectivity index (χ4v) is 2.22. The minimum atomic E-state index is -0.502. The molecule has 0 amide bonds. The standard InChI is InChI=1S/C16H18N2O4/c1-2-5-15(17-10-3-4-11-17)12-22-16(19)13-6-8-14(9-7-13)18(20)21/h3-4,6-11,15H,2,5,12H2,1H3/t15-/m0/s1. The van der Waals surface area contributed by atoms with E-state index in [1.54, 1.807) is 0 Å². The summed E-state index contributed by atoms with van der Waals surface area (Å²) in [7, 11) is 0. The number of benzene rings is 1. The van der Waals surface area contributed by atoms with Crippen LogP contribution >= 0.6 is 0 Å². The molecule has 0 aliphatic carbocycles. The molecule has 2 aromatic rings. The molecule has 0 saturated heterocycles. The number of carbonyl (C=O) groups excluding carboxylic acids is 1. The number of esters is 1. The van der Waals surface area contributed by atoms with Gasteiger partial charge < -0.3 is 9.30 Å². The fraction of sp³-hybridized carbons (Fsp3) is 0.312. The molecule has 0 saturated carbocycles. The second-order valence-electron chi connectivity index (χ2n) is 4.98. The molecule has 2 rings (SSSR count). The summed E-state index contributed by atoms with van der Waals surface area (Å²) in [6.07, 6.45) is 5.78. The number of hydrogen-bond acceptors (Lipinski definition) is 4. The van der Waals surface area contributed by atoms with E-state index in [0.717, 1.165) is 12.8 Å². The first-order chi connectivity index (χ1) is 10.6. The molecule has 0 N–H and O–H groups in total. The van der Waals surface area contributed by atoms with E-state index in [4.69, 9.17) is 4.74 Å². The second kappa shape index (κ2) is 7.40. The number of carbonyl (C=O) groups is 1. The quantitative estimate of drug-likeness (QED) is 0.445. The molecule has 1 heterocycles. The Balaban J connectivity index is 1.97. The van der Waals surface area contributed by atoms with Gasteiger partial charge in [0.15, 0.2) is 0 Å². The van der Waals surface area contributed by atoms with E-state index < -0.39 is 10.9 Å². The highest BCUT2D eigenvalue weighted by Crippen LogP contribution is 2.17. The van der Waals surface area contributed by atoms with Crippen molar-refractivity contribution >= 4 is 11.7 Å². The molecule has 116 valence electrons. The molecule has 1 aromatic carbocycles. The molecule has 1 atom stereocenters. The number of non-ortho nitro benzene ring substituents is 1. The van der Waals surface area contributed by atoms with Crippen LogP contribution in [0.1, 0.15) is 36.2 Å². The van der Waals surface area contributed by atoms with E-state index in [2.05, 4.69) is 6.92 Å². The average Bonchev–Trinajstić information content (AvgIpc) is 3.05. The monoisotopic (exact) mass is 302 g/mol. The summed E-state index contributed by atoms with van der Waals surface area (Å²) in [5, 5.41) is 10.6. The van der Waals surface area contributed by atoms with Gasteiger partial charge in [-0.15, -0.1) is 0 Å². The molecule has 0 fully saturated rings. The van der Waals surface area contributed by atoms with E-state index in [0.29, 0.717) is 5.56 Å². The van der Waals surface area contributed by atoms with Crippen molar-refractivity contribution in [2.45, 2.75) is 25.8 Å². The van der Waals surface area contributed by atoms with Gasteiger partial charge in [-0.3, -0.25) is 10.1 Å². The van der Waals surface area contributed by atoms with Crippen LogP contribution in [0, 0.1) is 10.1 Å². The lowest BCUT2D eigenvalue weighted by Crippen LogP contribution is -2.17. The van der Waals surface area contributed by atoms with Crippen LogP contribution in [0.4, 0.5) is 5.69 Å². The van der Waals surface area contributed by atoms with Crippen LogP contribution < -0.4 is 0 Å². The average molecular weight is 302 g/mol. The van der Waals surface area contributed by atoms with Crippen molar-refractivity contribution < 1.29 is 14.5 Å². The van der Waals surface area contributed by atoms with Gasteiger partial charge in [-0.25, -0.2) is 4.79 Å². The summed E-state index contributed by atoms with van der Waals surface area (Å²) in [5.41, 5.74) is 0.265. The Kier molecular flexibility index (Phi) is 5.30. The highest BCUT2D eigenvalue weighted by molar-refractivity contribution is 5.89. The third kappa shape index (κ3) is 3.94. The van der Waals surface area contributed by atoms with Crippen molar-refractivity contribution in [1.29, 1.82) is 0 Å². The van der Waals surface area contributed by atoms with Crippen molar-refractivity contribution in [3.8, 4) is 0 Å². The molecule has 6 nitrogen and oxygen atoms in total. The molecular weight excluding hydrogens is 284 g/mol. The van der Waals surface area contributed by atoms with Gasteiger partial charge in [0.25, 0.3) is 5.69 Å². The highest BCUT2D eigenvalue weighted by atomic mass is 16.6. The van der Waals surface area contributed by atoms with Crippen molar-refractivity contribution in [3.05, 3.63) is 64.5 Å². The van der Waals surface area contributed by atoms with Gasteiger partial charge in [-0.1, -0.05) is 13.3 Å². The van der Waals surface area contributed by atoms with Crippen LogP contribution in [-0.4, -0.2) is 22.1 Å². The van der Waals surface area contributed by atoms with Crippen LogP contribution in [0.5, 0.6) is 0 Å². The van der Waals surface area contributed by atoms with Gasteiger partial charge in [0.05, 0.1) is 16.5 Å². The van der Waals surface area contributed by atoms with Crippen LogP contribution in [0.2, 0.25) is 0 Å². The van der Waals surface area contributed by atoms with Crippen LogP contribution in [0.25, 0.3) is 0 Å². The van der Waals surface area contributed by atoms with E-state index in [1.165, 1.54) is 24.3 Å². The van der Waals surface area contributed by atoms with Gasteiger partial charge in [0, 0.05) is 24.5 Å². The van der Waals surface area contributed by atoms with Gasteiger partial charge in [0.2, 0.25) is 0 Å². The van der Waals surface area contributed by atoms with Gasteiger partial charge in [-0.05, 0) is 30.7 Å². The molecule has 1 aromatic heterocycles. The predicted molar refractivity (Wildman–Crippen MR) is 81.8 cm³/mol.